The van der Waals surface area contributed by atoms with Crippen molar-refractivity contribution in [3.63, 3.8) is 0 Å². The first-order valence-electron chi connectivity index (χ1n) is 12.6. The van der Waals surface area contributed by atoms with Gasteiger partial charge in [-0.2, -0.15) is 0 Å². The Hall–Kier alpha value is -3.88. The van der Waals surface area contributed by atoms with Gasteiger partial charge in [-0.05, 0) is 87.0 Å². The molecule has 0 bridgehead atoms. The molecule has 6 rings (SSSR count). The number of nitrogens with zero attached hydrogens (tertiary/aromatic N) is 2. The molecule has 16 nitrogen and oxygen atoms in total. The first-order chi connectivity index (χ1) is 20.9. The highest BCUT2D eigenvalue weighted by molar-refractivity contribution is 9.13. The molecule has 0 saturated carbocycles. The van der Waals surface area contributed by atoms with Crippen LogP contribution in [0.4, 0.5) is 11.9 Å². The van der Waals surface area contributed by atoms with E-state index in [2.05, 4.69) is 115 Å². The minimum atomic E-state index is -1.03. The highest BCUT2D eigenvalue weighted by Gasteiger charge is 2.50. The van der Waals surface area contributed by atoms with Crippen LogP contribution in [-0.2, 0) is 9.59 Å². The van der Waals surface area contributed by atoms with Crippen LogP contribution in [0.25, 0.3) is 22.1 Å². The fraction of sp³-hybridized carbons (Fsp3) is 0.167. The molecule has 2 atom stereocenters. The van der Waals surface area contributed by atoms with E-state index in [0.717, 1.165) is 0 Å². The quantitative estimate of drug-likeness (QED) is 0.104. The van der Waals surface area contributed by atoms with Crippen molar-refractivity contribution in [1.82, 2.24) is 51.2 Å². The molecule has 0 saturated heterocycles. The van der Waals surface area contributed by atoms with Crippen molar-refractivity contribution in [1.29, 1.82) is 0 Å². The highest BCUT2D eigenvalue weighted by atomic mass is 79.9. The number of amides is 4. The molecule has 228 valence electrons. The van der Waals surface area contributed by atoms with Gasteiger partial charge in [0.2, 0.25) is 11.8 Å². The Morgan fingerprint density at radius 2 is 1.05 bits per heavy atom. The molecule has 12 N–H and O–H groups in total. The van der Waals surface area contributed by atoms with E-state index in [1.807, 2.05) is 0 Å². The molecule has 0 unspecified atom stereocenters. The molecular weight excluding hydrogens is 840 g/mol. The molecule has 44 heavy (non-hydrogen) atoms. The number of halogens is 4. The summed E-state index contributed by atoms with van der Waals surface area (Å²) in [6.45, 7) is -0.459. The van der Waals surface area contributed by atoms with Gasteiger partial charge in [0.1, 0.15) is 11.4 Å². The van der Waals surface area contributed by atoms with Crippen LogP contribution in [-0.4, -0.2) is 66.9 Å². The number of hydrogen-bond donors (Lipinski definition) is 10. The second kappa shape index (κ2) is 11.6. The number of hydrogen-bond acceptors (Lipinski definition) is 8. The predicted molar refractivity (Wildman–Crippen MR) is 173 cm³/mol. The average Bonchev–Trinajstić information content (AvgIpc) is 3.70. The number of fused-ring (bicyclic) bond motifs is 6. The van der Waals surface area contributed by atoms with Crippen molar-refractivity contribution in [2.24, 2.45) is 0 Å². The summed E-state index contributed by atoms with van der Waals surface area (Å²) in [7, 11) is 0. The van der Waals surface area contributed by atoms with Crippen LogP contribution in [0, 0.1) is 0 Å². The average molecular weight is 860 g/mol. The van der Waals surface area contributed by atoms with E-state index in [9.17, 15) is 19.2 Å². The molecule has 0 radical (unpaired) electrons. The lowest BCUT2D eigenvalue weighted by molar-refractivity contribution is -0.130. The Labute approximate surface area is 279 Å². The SMILES string of the molecule is Nc1nc2c3c(c4nc(N)[nH]c4c2[nH]1)[C@H](C(=O)NCNC(=O)c1cc(Br)c(Br)[nH]1)[C@H]3C(=O)NCNC(=O)c1cc(Br)c(Br)[nH]1. The minimum absolute atomic E-state index is 0.0933. The third-order valence-electron chi connectivity index (χ3n) is 6.98. The summed E-state index contributed by atoms with van der Waals surface area (Å²) in [5.74, 6) is -3.92. The van der Waals surface area contributed by atoms with E-state index < -0.39 is 35.5 Å². The van der Waals surface area contributed by atoms with Crippen LogP contribution in [0.1, 0.15) is 43.9 Å². The number of H-pyrrole nitrogens is 4. The van der Waals surface area contributed by atoms with Crippen LogP contribution in [0.5, 0.6) is 0 Å². The normalized spacial score (nSPS) is 15.5. The number of anilines is 2. The molecule has 1 aromatic carbocycles. The number of nitrogen functional groups attached to an aromatic ring is 2. The lowest BCUT2D eigenvalue weighted by Gasteiger charge is -2.37. The van der Waals surface area contributed by atoms with E-state index >= 15 is 0 Å². The number of rotatable bonds is 8. The molecule has 1 aliphatic rings. The van der Waals surface area contributed by atoms with E-state index in [-0.39, 0.29) is 36.6 Å². The summed E-state index contributed by atoms with van der Waals surface area (Å²) in [4.78, 5) is 72.7. The molecule has 0 fully saturated rings. The summed E-state index contributed by atoms with van der Waals surface area (Å²) in [6, 6.07) is 3.16. The number of imidazole rings is 2. The Balaban J connectivity index is 1.25. The summed E-state index contributed by atoms with van der Waals surface area (Å²) >= 11 is 13.2. The van der Waals surface area contributed by atoms with Gasteiger partial charge in [-0.15, -0.1) is 0 Å². The number of aromatic amines is 4. The van der Waals surface area contributed by atoms with Gasteiger partial charge in [0.05, 0.1) is 65.4 Å². The monoisotopic (exact) mass is 856 g/mol. The largest absolute Gasteiger partial charge is 0.369 e. The Kier molecular flexibility index (Phi) is 7.92. The van der Waals surface area contributed by atoms with Crippen molar-refractivity contribution >= 4 is 121 Å². The first-order valence-corrected chi connectivity index (χ1v) is 15.8. The van der Waals surface area contributed by atoms with Crippen LogP contribution >= 0.6 is 63.7 Å². The second-order valence-corrected chi connectivity index (χ2v) is 12.9. The third-order valence-corrected chi connectivity index (χ3v) is 10.5. The van der Waals surface area contributed by atoms with Crippen molar-refractivity contribution in [3.05, 3.63) is 52.8 Å². The zero-order chi connectivity index (χ0) is 31.4. The molecule has 4 amide bonds. The number of carbonyl (C=O) groups excluding carboxylic acids is 4. The lowest BCUT2D eigenvalue weighted by Crippen LogP contribution is -2.49. The number of benzene rings is 1. The van der Waals surface area contributed by atoms with Crippen LogP contribution in [0.2, 0.25) is 0 Å². The van der Waals surface area contributed by atoms with E-state index in [0.29, 0.717) is 51.3 Å². The standard InChI is InChI=1S/C24H20Br4N12O4/c25-5-1-7(35-17(5)27)19(41)31-3-33-21(43)11-9-10(14-16(40-24(30)38-14)15-13(9)37-23(29)39-15)12(11)22(44)34-4-32-20(42)8-2-6(26)18(28)36-8/h1-2,11-12,35-36H,3-4H2,(H,31,41)(H,32,42)(H,33,43)(H,34,44)(H3,29,37,39)(H3,30,38,40)/t11-,12-/m0/s1. The van der Waals surface area contributed by atoms with Crippen molar-refractivity contribution in [3.8, 4) is 0 Å². The van der Waals surface area contributed by atoms with Crippen LogP contribution in [0.15, 0.2) is 30.3 Å². The second-order valence-electron chi connectivity index (χ2n) is 9.61. The molecule has 0 spiro atoms. The maximum Gasteiger partial charge on any atom is 0.269 e. The van der Waals surface area contributed by atoms with Gasteiger partial charge in [0, 0.05) is 0 Å². The van der Waals surface area contributed by atoms with E-state index in [4.69, 9.17) is 11.5 Å². The summed E-state index contributed by atoms with van der Waals surface area (Å²) in [6.07, 6.45) is 0. The predicted octanol–water partition coefficient (Wildman–Crippen LogP) is 2.50. The van der Waals surface area contributed by atoms with Gasteiger partial charge in [-0.1, -0.05) is 0 Å². The van der Waals surface area contributed by atoms with Crippen LogP contribution < -0.4 is 32.7 Å². The number of nitrogens with one attached hydrogen (secondary N) is 8. The molecule has 4 heterocycles. The topological polar surface area (TPSA) is 257 Å². The van der Waals surface area contributed by atoms with Gasteiger partial charge in [-0.3, -0.25) is 19.2 Å². The molecule has 20 heteroatoms. The summed E-state index contributed by atoms with van der Waals surface area (Å²) in [5.41, 5.74) is 15.0. The van der Waals surface area contributed by atoms with Gasteiger partial charge < -0.3 is 52.7 Å². The Morgan fingerprint density at radius 1 is 0.659 bits per heavy atom. The number of nitrogens with two attached hydrogens (primary N) is 2. The van der Waals surface area contributed by atoms with Crippen molar-refractivity contribution in [2.75, 3.05) is 24.8 Å². The zero-order valence-corrected chi connectivity index (χ0v) is 28.3. The number of carbonyl (C=O) groups is 4. The number of aromatic nitrogens is 6. The summed E-state index contributed by atoms with van der Waals surface area (Å²) < 4.78 is 2.49. The summed E-state index contributed by atoms with van der Waals surface area (Å²) in [5, 5.41) is 10.5. The zero-order valence-electron chi connectivity index (χ0n) is 21.9. The first kappa shape index (κ1) is 30.2. The van der Waals surface area contributed by atoms with Gasteiger partial charge in [0.25, 0.3) is 11.8 Å². The Bertz CT molecular complexity index is 1830. The highest BCUT2D eigenvalue weighted by Crippen LogP contribution is 2.53. The van der Waals surface area contributed by atoms with E-state index in [1.54, 1.807) is 12.1 Å². The Morgan fingerprint density at radius 3 is 1.39 bits per heavy atom. The third kappa shape index (κ3) is 5.24. The molecular formula is C24H20Br4N12O4. The van der Waals surface area contributed by atoms with Crippen molar-refractivity contribution < 1.29 is 19.2 Å². The smallest absolute Gasteiger partial charge is 0.269 e. The maximum atomic E-state index is 13.6. The minimum Gasteiger partial charge on any atom is -0.369 e. The van der Waals surface area contributed by atoms with Crippen molar-refractivity contribution in [2.45, 2.75) is 11.8 Å². The van der Waals surface area contributed by atoms with Crippen LogP contribution in [0.3, 0.4) is 0 Å². The van der Waals surface area contributed by atoms with Gasteiger partial charge in [0.15, 0.2) is 11.9 Å². The lowest BCUT2D eigenvalue weighted by atomic mass is 9.65. The van der Waals surface area contributed by atoms with Gasteiger partial charge >= 0.3 is 0 Å². The fourth-order valence-corrected chi connectivity index (χ4v) is 6.42. The molecule has 4 aromatic heterocycles. The van der Waals surface area contributed by atoms with Gasteiger partial charge in [-0.25, -0.2) is 9.97 Å². The van der Waals surface area contributed by atoms with E-state index in [1.165, 1.54) is 0 Å². The molecule has 0 aliphatic heterocycles. The molecule has 5 aromatic rings. The fourth-order valence-electron chi connectivity index (χ4n) is 5.11. The molecule has 1 aliphatic carbocycles. The maximum absolute atomic E-state index is 13.6.